The highest BCUT2D eigenvalue weighted by Gasteiger charge is 2.12. The van der Waals surface area contributed by atoms with E-state index in [0.29, 0.717) is 28.9 Å². The van der Waals surface area contributed by atoms with Crippen LogP contribution >= 0.6 is 11.6 Å². The van der Waals surface area contributed by atoms with E-state index in [1.165, 1.54) is 24.3 Å². The summed E-state index contributed by atoms with van der Waals surface area (Å²) in [6.45, 7) is 4.56. The normalized spacial score (nSPS) is 11.6. The molecule has 0 saturated heterocycles. The molecule has 150 valence electrons. The van der Waals surface area contributed by atoms with Gasteiger partial charge in [0, 0.05) is 23.2 Å². The van der Waals surface area contributed by atoms with Crippen LogP contribution in [0.25, 0.3) is 11.3 Å². The first-order chi connectivity index (χ1) is 13.9. The van der Waals surface area contributed by atoms with Crippen molar-refractivity contribution >= 4 is 29.3 Å². The van der Waals surface area contributed by atoms with Gasteiger partial charge >= 0.3 is 0 Å². The maximum atomic E-state index is 13.1. The predicted octanol–water partition coefficient (Wildman–Crippen LogP) is 4.72. The third-order valence-electron chi connectivity index (χ3n) is 3.93. The van der Waals surface area contributed by atoms with E-state index in [-0.39, 0.29) is 5.96 Å². The third-order valence-corrected chi connectivity index (χ3v) is 4.18. The van der Waals surface area contributed by atoms with Crippen LogP contribution in [-0.4, -0.2) is 28.6 Å². The molecular formula is C21H21ClFN5O. The quantitative estimate of drug-likeness (QED) is 0.418. The van der Waals surface area contributed by atoms with Gasteiger partial charge in [-0.15, -0.1) is 0 Å². The Morgan fingerprint density at radius 2 is 1.86 bits per heavy atom. The summed E-state index contributed by atoms with van der Waals surface area (Å²) in [4.78, 5) is 16.9. The number of aromatic nitrogens is 2. The van der Waals surface area contributed by atoms with Crippen LogP contribution in [0.4, 0.5) is 10.2 Å². The number of benzene rings is 2. The van der Waals surface area contributed by atoms with Crippen molar-refractivity contribution in [1.82, 2.24) is 15.5 Å². The van der Waals surface area contributed by atoms with Gasteiger partial charge < -0.3 is 5.32 Å². The van der Waals surface area contributed by atoms with Crippen LogP contribution in [0.1, 0.15) is 24.2 Å². The molecule has 29 heavy (non-hydrogen) atoms. The lowest BCUT2D eigenvalue weighted by Crippen LogP contribution is -2.36. The zero-order valence-electron chi connectivity index (χ0n) is 16.0. The number of carbonyl (C=O) groups is 1. The van der Waals surface area contributed by atoms with Crippen molar-refractivity contribution < 1.29 is 9.18 Å². The Hall–Kier alpha value is -3.19. The molecule has 3 rings (SSSR count). The van der Waals surface area contributed by atoms with E-state index in [0.717, 1.165) is 11.3 Å². The average Bonchev–Trinajstić information content (AvgIpc) is 3.15. The number of guanidine groups is 1. The average molecular weight is 414 g/mol. The van der Waals surface area contributed by atoms with E-state index < -0.39 is 11.7 Å². The molecule has 1 aromatic heterocycles. The van der Waals surface area contributed by atoms with E-state index in [1.54, 1.807) is 18.2 Å². The summed E-state index contributed by atoms with van der Waals surface area (Å²) in [5.41, 5.74) is 2.04. The molecule has 0 aliphatic carbocycles. The second-order valence-corrected chi connectivity index (χ2v) is 7.28. The topological polar surface area (TPSA) is 82.2 Å². The number of H-pyrrole nitrogens is 1. The van der Waals surface area contributed by atoms with Crippen LogP contribution < -0.4 is 10.6 Å². The molecule has 0 bridgehead atoms. The largest absolute Gasteiger partial charge is 0.309 e. The van der Waals surface area contributed by atoms with Crippen molar-refractivity contribution in [3.05, 3.63) is 71.0 Å². The first-order valence-electron chi connectivity index (χ1n) is 9.10. The Balaban J connectivity index is 1.75. The summed E-state index contributed by atoms with van der Waals surface area (Å²) >= 11 is 5.93. The lowest BCUT2D eigenvalue weighted by Gasteiger charge is -2.11. The highest BCUT2D eigenvalue weighted by atomic mass is 35.5. The van der Waals surface area contributed by atoms with Gasteiger partial charge in [-0.3, -0.25) is 20.2 Å². The van der Waals surface area contributed by atoms with Crippen molar-refractivity contribution in [2.24, 2.45) is 10.9 Å². The molecule has 8 heteroatoms. The monoisotopic (exact) mass is 413 g/mol. The smallest absolute Gasteiger partial charge is 0.257 e. The van der Waals surface area contributed by atoms with E-state index in [9.17, 15) is 9.18 Å². The molecule has 2 aromatic carbocycles. The number of anilines is 1. The zero-order chi connectivity index (χ0) is 20.8. The fraction of sp³-hybridized carbons (Fsp3) is 0.190. The van der Waals surface area contributed by atoms with E-state index in [1.807, 2.05) is 26.0 Å². The third kappa shape index (κ3) is 5.89. The zero-order valence-corrected chi connectivity index (χ0v) is 16.8. The standard InChI is InChI=1S/C21H21ClFN5O/c1-13(2)12-24-21(26-20(29)15-5-9-17(23)10-6-15)25-19-11-18(27-28-19)14-3-7-16(22)8-4-14/h3-11,13H,12H2,1-2H3,(H3,24,25,26,27,28,29). The summed E-state index contributed by atoms with van der Waals surface area (Å²) in [6.07, 6.45) is 0. The van der Waals surface area contributed by atoms with Crippen LogP contribution in [0, 0.1) is 11.7 Å². The van der Waals surface area contributed by atoms with Gasteiger partial charge in [0.05, 0.1) is 5.69 Å². The number of carbonyl (C=O) groups excluding carboxylic acids is 1. The summed E-state index contributed by atoms with van der Waals surface area (Å²) < 4.78 is 13.1. The summed E-state index contributed by atoms with van der Waals surface area (Å²) in [7, 11) is 0. The van der Waals surface area contributed by atoms with Crippen molar-refractivity contribution in [2.45, 2.75) is 13.8 Å². The molecule has 6 nitrogen and oxygen atoms in total. The van der Waals surface area contributed by atoms with Crippen LogP contribution in [0.15, 0.2) is 59.6 Å². The predicted molar refractivity (Wildman–Crippen MR) is 114 cm³/mol. The summed E-state index contributed by atoms with van der Waals surface area (Å²) in [5, 5.41) is 13.6. The number of halogens is 2. The van der Waals surface area contributed by atoms with E-state index in [2.05, 4.69) is 25.8 Å². The molecule has 0 unspecified atom stereocenters. The minimum absolute atomic E-state index is 0.266. The SMILES string of the molecule is CC(C)CN=C(NC(=O)c1ccc(F)cc1)Nc1cc(-c2ccc(Cl)cc2)[nH]n1. The molecule has 3 aromatic rings. The van der Waals surface area contributed by atoms with Gasteiger partial charge in [-0.2, -0.15) is 5.10 Å². The van der Waals surface area contributed by atoms with Gasteiger partial charge in [0.15, 0.2) is 5.82 Å². The fourth-order valence-corrected chi connectivity index (χ4v) is 2.58. The van der Waals surface area contributed by atoms with Gasteiger partial charge in [0.25, 0.3) is 5.91 Å². The molecule has 0 atom stereocenters. The van der Waals surface area contributed by atoms with Crippen LogP contribution in [0.2, 0.25) is 5.02 Å². The lowest BCUT2D eigenvalue weighted by molar-refractivity contribution is 0.0977. The Labute approximate surface area is 173 Å². The molecular weight excluding hydrogens is 393 g/mol. The van der Waals surface area contributed by atoms with Crippen molar-refractivity contribution in [2.75, 3.05) is 11.9 Å². The Morgan fingerprint density at radius 1 is 1.17 bits per heavy atom. The minimum Gasteiger partial charge on any atom is -0.309 e. The van der Waals surface area contributed by atoms with E-state index in [4.69, 9.17) is 11.6 Å². The summed E-state index contributed by atoms with van der Waals surface area (Å²) in [5.74, 6) is 0.269. The minimum atomic E-state index is -0.403. The Bertz CT molecular complexity index is 997. The molecule has 3 N–H and O–H groups in total. The maximum Gasteiger partial charge on any atom is 0.257 e. The lowest BCUT2D eigenvalue weighted by atomic mass is 10.1. The Morgan fingerprint density at radius 3 is 2.52 bits per heavy atom. The van der Waals surface area contributed by atoms with Crippen LogP contribution in [0.5, 0.6) is 0 Å². The maximum absolute atomic E-state index is 13.1. The number of amides is 1. The van der Waals surface area contributed by atoms with E-state index >= 15 is 0 Å². The first-order valence-corrected chi connectivity index (χ1v) is 9.48. The number of nitrogens with zero attached hydrogens (tertiary/aromatic N) is 2. The van der Waals surface area contributed by atoms with Crippen LogP contribution in [-0.2, 0) is 0 Å². The second-order valence-electron chi connectivity index (χ2n) is 6.84. The van der Waals surface area contributed by atoms with Gasteiger partial charge in [-0.1, -0.05) is 37.6 Å². The number of hydrogen-bond acceptors (Lipinski definition) is 3. The van der Waals surface area contributed by atoms with Gasteiger partial charge in [-0.25, -0.2) is 4.39 Å². The van der Waals surface area contributed by atoms with Crippen molar-refractivity contribution in [3.8, 4) is 11.3 Å². The number of aromatic amines is 1. The number of hydrogen-bond donors (Lipinski definition) is 3. The molecule has 1 amide bonds. The van der Waals surface area contributed by atoms with Gasteiger partial charge in [-0.05, 0) is 47.9 Å². The second kappa shape index (κ2) is 9.34. The number of nitrogens with one attached hydrogen (secondary N) is 3. The van der Waals surface area contributed by atoms with Gasteiger partial charge in [0.1, 0.15) is 5.82 Å². The molecule has 0 fully saturated rings. The van der Waals surface area contributed by atoms with Crippen molar-refractivity contribution in [1.29, 1.82) is 0 Å². The van der Waals surface area contributed by atoms with Gasteiger partial charge in [0.2, 0.25) is 5.96 Å². The molecule has 0 saturated carbocycles. The highest BCUT2D eigenvalue weighted by molar-refractivity contribution is 6.30. The van der Waals surface area contributed by atoms with Crippen LogP contribution in [0.3, 0.4) is 0 Å². The van der Waals surface area contributed by atoms with Crippen molar-refractivity contribution in [3.63, 3.8) is 0 Å². The Kier molecular flexibility index (Phi) is 6.61. The molecule has 0 aliphatic rings. The summed E-state index contributed by atoms with van der Waals surface area (Å²) in [6, 6.07) is 14.5. The number of rotatable bonds is 5. The fourth-order valence-electron chi connectivity index (χ4n) is 2.45. The number of aliphatic imine (C=N–C) groups is 1. The molecule has 0 aliphatic heterocycles. The first kappa shape index (κ1) is 20.5. The highest BCUT2D eigenvalue weighted by Crippen LogP contribution is 2.21. The molecule has 0 spiro atoms. The molecule has 1 heterocycles. The molecule has 0 radical (unpaired) electrons.